The molecule has 2 heteroatoms. The Bertz CT molecular complexity index is 224. The topological polar surface area (TPSA) is 3.24 Å². The highest BCUT2D eigenvalue weighted by molar-refractivity contribution is 5.01. The normalized spacial score (nSPS) is 34.8. The van der Waals surface area contributed by atoms with Crippen molar-refractivity contribution in [2.24, 2.45) is 5.41 Å². The standard InChI is InChI=1S/C13H26FN/c1-9-10(14)8-11(12(2,3)4)15(9)13(5,6)7/h9-11H,8H2,1-7H3/t9?,10-,11+/m1/s1. The molecule has 15 heavy (non-hydrogen) atoms. The van der Waals surface area contributed by atoms with Crippen molar-refractivity contribution in [2.45, 2.75) is 78.7 Å². The molecule has 0 aromatic rings. The van der Waals surface area contributed by atoms with Crippen molar-refractivity contribution in [1.82, 2.24) is 4.90 Å². The molecular weight excluding hydrogens is 189 g/mol. The first-order valence-corrected chi connectivity index (χ1v) is 5.97. The molecular formula is C13H26FN. The van der Waals surface area contributed by atoms with Gasteiger partial charge < -0.3 is 0 Å². The van der Waals surface area contributed by atoms with Crippen LogP contribution < -0.4 is 0 Å². The van der Waals surface area contributed by atoms with Gasteiger partial charge in [-0.15, -0.1) is 0 Å². The first-order chi connectivity index (χ1) is 6.55. The number of likely N-dealkylation sites (tertiary alicyclic amines) is 1. The second kappa shape index (κ2) is 3.73. The van der Waals surface area contributed by atoms with Gasteiger partial charge in [-0.1, -0.05) is 20.8 Å². The molecule has 3 atom stereocenters. The molecule has 1 fully saturated rings. The summed E-state index contributed by atoms with van der Waals surface area (Å²) in [6.45, 7) is 15.2. The molecule has 1 aliphatic heterocycles. The van der Waals surface area contributed by atoms with Crippen LogP contribution in [-0.4, -0.2) is 28.7 Å². The van der Waals surface area contributed by atoms with Crippen LogP contribution in [-0.2, 0) is 0 Å². The van der Waals surface area contributed by atoms with Crippen molar-refractivity contribution in [3.63, 3.8) is 0 Å². The summed E-state index contributed by atoms with van der Waals surface area (Å²) in [5.74, 6) is 0. The molecule has 1 unspecified atom stereocenters. The van der Waals surface area contributed by atoms with Crippen LogP contribution in [0.25, 0.3) is 0 Å². The largest absolute Gasteiger partial charge is 0.289 e. The molecule has 90 valence electrons. The van der Waals surface area contributed by atoms with E-state index in [1.54, 1.807) is 0 Å². The van der Waals surface area contributed by atoms with Crippen molar-refractivity contribution in [1.29, 1.82) is 0 Å². The summed E-state index contributed by atoms with van der Waals surface area (Å²) in [7, 11) is 0. The van der Waals surface area contributed by atoms with Crippen molar-refractivity contribution in [3.05, 3.63) is 0 Å². The summed E-state index contributed by atoms with van der Waals surface area (Å²) in [6, 6.07) is 0.400. The molecule has 0 saturated carbocycles. The lowest BCUT2D eigenvalue weighted by atomic mass is 9.83. The Hall–Kier alpha value is -0.110. The van der Waals surface area contributed by atoms with E-state index in [0.717, 1.165) is 0 Å². The van der Waals surface area contributed by atoms with Crippen LogP contribution in [0.3, 0.4) is 0 Å². The van der Waals surface area contributed by atoms with Gasteiger partial charge in [0.15, 0.2) is 0 Å². The zero-order valence-electron chi connectivity index (χ0n) is 11.3. The number of hydrogen-bond acceptors (Lipinski definition) is 1. The maximum atomic E-state index is 13.8. The molecule has 0 bridgehead atoms. The molecule has 0 aromatic carbocycles. The smallest absolute Gasteiger partial charge is 0.117 e. The number of halogens is 1. The van der Waals surface area contributed by atoms with E-state index >= 15 is 0 Å². The fourth-order valence-corrected chi connectivity index (χ4v) is 2.83. The van der Waals surface area contributed by atoms with Gasteiger partial charge in [0, 0.05) is 17.6 Å². The maximum Gasteiger partial charge on any atom is 0.117 e. The van der Waals surface area contributed by atoms with Crippen LogP contribution in [0.15, 0.2) is 0 Å². The molecule has 0 aromatic heterocycles. The Labute approximate surface area is 94.0 Å². The summed E-state index contributed by atoms with van der Waals surface area (Å²) in [5.41, 5.74) is 0.209. The lowest BCUT2D eigenvalue weighted by Gasteiger charge is -2.45. The number of nitrogens with zero attached hydrogens (tertiary/aromatic N) is 1. The van der Waals surface area contributed by atoms with E-state index in [1.807, 2.05) is 6.92 Å². The van der Waals surface area contributed by atoms with E-state index in [0.29, 0.717) is 12.5 Å². The van der Waals surface area contributed by atoms with E-state index in [-0.39, 0.29) is 17.0 Å². The molecule has 0 aliphatic carbocycles. The van der Waals surface area contributed by atoms with Crippen LogP contribution in [0.5, 0.6) is 0 Å². The van der Waals surface area contributed by atoms with Gasteiger partial charge in [-0.05, 0) is 39.5 Å². The van der Waals surface area contributed by atoms with E-state index in [1.165, 1.54) is 0 Å². The highest BCUT2D eigenvalue weighted by Gasteiger charge is 2.48. The maximum absolute atomic E-state index is 13.8. The minimum atomic E-state index is -0.673. The minimum absolute atomic E-state index is 0.0502. The van der Waals surface area contributed by atoms with Gasteiger partial charge >= 0.3 is 0 Å². The molecule has 1 saturated heterocycles. The third-order valence-electron chi connectivity index (χ3n) is 3.52. The van der Waals surface area contributed by atoms with E-state index < -0.39 is 6.17 Å². The SMILES string of the molecule is CC1[C@H](F)C[C@@H](C(C)(C)C)N1C(C)(C)C. The third-order valence-corrected chi connectivity index (χ3v) is 3.52. The fraction of sp³-hybridized carbons (Fsp3) is 1.00. The molecule has 1 rings (SSSR count). The lowest BCUT2D eigenvalue weighted by Crippen LogP contribution is -2.52. The molecule has 1 nitrogen and oxygen atoms in total. The Kier molecular flexibility index (Phi) is 3.22. The second-order valence-electron chi connectivity index (χ2n) is 6.95. The highest BCUT2D eigenvalue weighted by atomic mass is 19.1. The number of alkyl halides is 1. The van der Waals surface area contributed by atoms with Gasteiger partial charge in [0.25, 0.3) is 0 Å². The molecule has 1 heterocycles. The van der Waals surface area contributed by atoms with E-state index in [4.69, 9.17) is 0 Å². The Morgan fingerprint density at radius 3 is 1.80 bits per heavy atom. The van der Waals surface area contributed by atoms with E-state index in [2.05, 4.69) is 46.4 Å². The number of rotatable bonds is 0. The first kappa shape index (κ1) is 13.0. The van der Waals surface area contributed by atoms with Crippen LogP contribution >= 0.6 is 0 Å². The van der Waals surface area contributed by atoms with Gasteiger partial charge in [-0.2, -0.15) is 0 Å². The van der Waals surface area contributed by atoms with Crippen LogP contribution in [0.4, 0.5) is 4.39 Å². The molecule has 0 amide bonds. The first-order valence-electron chi connectivity index (χ1n) is 5.97. The summed E-state index contributed by atoms with van der Waals surface area (Å²) in [4.78, 5) is 2.36. The van der Waals surface area contributed by atoms with E-state index in [9.17, 15) is 4.39 Å². The second-order valence-corrected chi connectivity index (χ2v) is 6.95. The van der Waals surface area contributed by atoms with Gasteiger partial charge in [0.1, 0.15) is 6.17 Å². The quantitative estimate of drug-likeness (QED) is 0.596. The predicted octanol–water partition coefficient (Wildman–Crippen LogP) is 3.63. The van der Waals surface area contributed by atoms with Gasteiger partial charge in [0.2, 0.25) is 0 Å². The van der Waals surface area contributed by atoms with Crippen LogP contribution in [0.1, 0.15) is 54.9 Å². The molecule has 0 N–H and O–H groups in total. The van der Waals surface area contributed by atoms with Crippen molar-refractivity contribution >= 4 is 0 Å². The average Bonchev–Trinajstić information content (AvgIpc) is 2.25. The number of hydrogen-bond donors (Lipinski definition) is 0. The van der Waals surface area contributed by atoms with Crippen molar-refractivity contribution in [3.8, 4) is 0 Å². The Morgan fingerprint density at radius 1 is 1.07 bits per heavy atom. The fourth-order valence-electron chi connectivity index (χ4n) is 2.83. The van der Waals surface area contributed by atoms with Gasteiger partial charge in [-0.3, -0.25) is 4.90 Å². The zero-order valence-corrected chi connectivity index (χ0v) is 11.3. The van der Waals surface area contributed by atoms with Gasteiger partial charge in [0.05, 0.1) is 0 Å². The molecule has 0 radical (unpaired) electrons. The average molecular weight is 215 g/mol. The zero-order chi connectivity index (χ0) is 12.0. The molecule has 1 aliphatic rings. The molecule has 0 spiro atoms. The van der Waals surface area contributed by atoms with Crippen molar-refractivity contribution < 1.29 is 4.39 Å². The highest BCUT2D eigenvalue weighted by Crippen LogP contribution is 2.41. The van der Waals surface area contributed by atoms with Crippen LogP contribution in [0.2, 0.25) is 0 Å². The monoisotopic (exact) mass is 215 g/mol. The Balaban J connectivity index is 2.98. The Morgan fingerprint density at radius 2 is 1.53 bits per heavy atom. The summed E-state index contributed by atoms with van der Waals surface area (Å²) in [5, 5.41) is 0. The minimum Gasteiger partial charge on any atom is -0.289 e. The predicted molar refractivity (Wildman–Crippen MR) is 63.8 cm³/mol. The third kappa shape index (κ3) is 2.52. The summed E-state index contributed by atoms with van der Waals surface area (Å²) < 4.78 is 13.8. The van der Waals surface area contributed by atoms with Gasteiger partial charge in [-0.25, -0.2) is 4.39 Å². The summed E-state index contributed by atoms with van der Waals surface area (Å²) >= 11 is 0. The lowest BCUT2D eigenvalue weighted by molar-refractivity contribution is 0.0260. The van der Waals surface area contributed by atoms with Crippen LogP contribution in [0, 0.1) is 5.41 Å². The summed E-state index contributed by atoms with van der Waals surface area (Å²) in [6.07, 6.45) is 0.00975. The van der Waals surface area contributed by atoms with Crippen molar-refractivity contribution in [2.75, 3.05) is 0 Å².